The Hall–Kier alpha value is -2.39. The average molecular weight is 291 g/mol. The van der Waals surface area contributed by atoms with E-state index in [0.29, 0.717) is 17.9 Å². The third-order valence-corrected chi connectivity index (χ3v) is 2.42. The van der Waals surface area contributed by atoms with Crippen LogP contribution in [0.3, 0.4) is 0 Å². The minimum Gasteiger partial charge on any atom is -0.464 e. The summed E-state index contributed by atoms with van der Waals surface area (Å²) >= 11 is 0. The molecule has 0 N–H and O–H groups in total. The van der Waals surface area contributed by atoms with Gasteiger partial charge in [0.25, 0.3) is 0 Å². The minimum absolute atomic E-state index is 0.286. The Morgan fingerprint density at radius 1 is 1.14 bits per heavy atom. The van der Waals surface area contributed by atoms with E-state index < -0.39 is 11.9 Å². The third-order valence-electron chi connectivity index (χ3n) is 2.42. The van der Waals surface area contributed by atoms with E-state index in [2.05, 4.69) is 0 Å². The van der Waals surface area contributed by atoms with Gasteiger partial charge >= 0.3 is 11.9 Å². The number of rotatable bonds is 8. The van der Waals surface area contributed by atoms with Crippen molar-refractivity contribution in [2.45, 2.75) is 19.8 Å². The van der Waals surface area contributed by atoms with Crippen LogP contribution in [0.1, 0.15) is 25.3 Å². The number of esters is 2. The van der Waals surface area contributed by atoms with Crippen molar-refractivity contribution in [2.75, 3.05) is 19.8 Å². The van der Waals surface area contributed by atoms with Crippen LogP contribution in [0.5, 0.6) is 5.75 Å². The third kappa shape index (κ3) is 7.09. The van der Waals surface area contributed by atoms with E-state index in [0.717, 1.165) is 12.8 Å². The summed E-state index contributed by atoms with van der Waals surface area (Å²) in [5, 5.41) is 8.63. The lowest BCUT2D eigenvalue weighted by Crippen LogP contribution is -2.20. The van der Waals surface area contributed by atoms with E-state index in [1.165, 1.54) is 24.3 Å². The molecule has 0 aliphatic rings. The second-order valence-corrected chi connectivity index (χ2v) is 4.18. The first-order valence-electron chi connectivity index (χ1n) is 6.60. The molecule has 0 saturated heterocycles. The molecule has 0 atom stereocenters. The van der Waals surface area contributed by atoms with Crippen LogP contribution in [0.4, 0.5) is 0 Å². The largest absolute Gasteiger partial charge is 0.464 e. The number of hydrogen-bond donors (Lipinski definition) is 0. The van der Waals surface area contributed by atoms with E-state index in [1.54, 1.807) is 0 Å². The standard InChI is InChI=1S/C15H17NO5/c1-2-3-8-20-14(17)10-19-11-15(18)21-13-6-4-12(9-16)5-7-13/h4-7H,2-3,8,10-11H2,1H3. The van der Waals surface area contributed by atoms with Gasteiger partial charge in [0, 0.05) is 0 Å². The lowest BCUT2D eigenvalue weighted by atomic mass is 10.2. The van der Waals surface area contributed by atoms with Gasteiger partial charge in [0.2, 0.25) is 0 Å². The normalized spacial score (nSPS) is 9.71. The zero-order valence-corrected chi connectivity index (χ0v) is 11.8. The first kappa shape index (κ1) is 16.7. The van der Waals surface area contributed by atoms with Gasteiger partial charge in [0.05, 0.1) is 18.2 Å². The second-order valence-electron chi connectivity index (χ2n) is 4.18. The summed E-state index contributed by atoms with van der Waals surface area (Å²) in [6.07, 6.45) is 1.73. The summed E-state index contributed by atoms with van der Waals surface area (Å²) in [4.78, 5) is 22.6. The Morgan fingerprint density at radius 3 is 2.43 bits per heavy atom. The van der Waals surface area contributed by atoms with Crippen molar-refractivity contribution in [3.8, 4) is 11.8 Å². The molecule has 21 heavy (non-hydrogen) atoms. The van der Waals surface area contributed by atoms with Crippen LogP contribution in [-0.2, 0) is 19.1 Å². The van der Waals surface area contributed by atoms with E-state index in [-0.39, 0.29) is 13.2 Å². The van der Waals surface area contributed by atoms with Gasteiger partial charge in [-0.25, -0.2) is 9.59 Å². The molecule has 1 aromatic carbocycles. The fourth-order valence-corrected chi connectivity index (χ4v) is 1.35. The molecule has 0 unspecified atom stereocenters. The van der Waals surface area contributed by atoms with Crippen molar-refractivity contribution in [3.63, 3.8) is 0 Å². The minimum atomic E-state index is -0.624. The number of ether oxygens (including phenoxy) is 3. The van der Waals surface area contributed by atoms with Gasteiger partial charge in [0.15, 0.2) is 0 Å². The molecule has 6 heteroatoms. The highest BCUT2D eigenvalue weighted by molar-refractivity contribution is 5.75. The highest BCUT2D eigenvalue weighted by Crippen LogP contribution is 2.11. The van der Waals surface area contributed by atoms with E-state index in [4.69, 9.17) is 19.5 Å². The number of hydrogen-bond acceptors (Lipinski definition) is 6. The Bertz CT molecular complexity index is 504. The van der Waals surface area contributed by atoms with E-state index >= 15 is 0 Å². The van der Waals surface area contributed by atoms with Crippen LogP contribution < -0.4 is 4.74 Å². The zero-order valence-electron chi connectivity index (χ0n) is 11.8. The average Bonchev–Trinajstić information content (AvgIpc) is 2.48. The van der Waals surface area contributed by atoms with Crippen LogP contribution in [0.15, 0.2) is 24.3 Å². The number of nitrogens with zero attached hydrogens (tertiary/aromatic N) is 1. The molecule has 0 saturated carbocycles. The second kappa shape index (κ2) is 9.50. The smallest absolute Gasteiger partial charge is 0.337 e. The van der Waals surface area contributed by atoms with Gasteiger partial charge in [-0.2, -0.15) is 5.26 Å². The molecule has 0 radical (unpaired) electrons. The molecular formula is C15H17NO5. The molecule has 0 bridgehead atoms. The fraction of sp³-hybridized carbons (Fsp3) is 0.400. The molecule has 1 aromatic rings. The molecule has 0 spiro atoms. The summed E-state index contributed by atoms with van der Waals surface area (Å²) in [6.45, 7) is 1.72. The first-order valence-corrected chi connectivity index (χ1v) is 6.60. The molecular weight excluding hydrogens is 274 g/mol. The molecule has 0 amide bonds. The number of unbranched alkanes of at least 4 members (excludes halogenated alkanes) is 1. The predicted octanol–water partition coefficient (Wildman–Crippen LogP) is 1.82. The summed E-state index contributed by atoms with van der Waals surface area (Å²) in [7, 11) is 0. The Kier molecular flexibility index (Phi) is 7.54. The summed E-state index contributed by atoms with van der Waals surface area (Å²) in [5.74, 6) is -0.816. The summed E-state index contributed by atoms with van der Waals surface area (Å²) in [6, 6.07) is 8.05. The first-order chi connectivity index (χ1) is 10.2. The van der Waals surface area contributed by atoms with E-state index in [1.807, 2.05) is 13.0 Å². The highest BCUT2D eigenvalue weighted by atomic mass is 16.6. The Morgan fingerprint density at radius 2 is 1.81 bits per heavy atom. The number of carbonyl (C=O) groups is 2. The topological polar surface area (TPSA) is 85.6 Å². The fourth-order valence-electron chi connectivity index (χ4n) is 1.35. The number of carbonyl (C=O) groups excluding carboxylic acids is 2. The molecule has 0 aliphatic carbocycles. The van der Waals surface area contributed by atoms with Crippen LogP contribution in [0, 0.1) is 11.3 Å². The molecule has 1 rings (SSSR count). The molecule has 0 heterocycles. The lowest BCUT2D eigenvalue weighted by Gasteiger charge is -2.06. The van der Waals surface area contributed by atoms with E-state index in [9.17, 15) is 9.59 Å². The maximum Gasteiger partial charge on any atom is 0.337 e. The van der Waals surface area contributed by atoms with Crippen LogP contribution in [0.25, 0.3) is 0 Å². The quantitative estimate of drug-likeness (QED) is 0.412. The van der Waals surface area contributed by atoms with Crippen molar-refractivity contribution in [1.29, 1.82) is 5.26 Å². The number of nitriles is 1. The van der Waals surface area contributed by atoms with Crippen molar-refractivity contribution in [3.05, 3.63) is 29.8 Å². The van der Waals surface area contributed by atoms with Crippen LogP contribution >= 0.6 is 0 Å². The Labute approximate surface area is 123 Å². The van der Waals surface area contributed by atoms with Gasteiger partial charge < -0.3 is 14.2 Å². The monoisotopic (exact) mass is 291 g/mol. The van der Waals surface area contributed by atoms with Gasteiger partial charge in [-0.05, 0) is 30.7 Å². The van der Waals surface area contributed by atoms with Crippen LogP contribution in [-0.4, -0.2) is 31.8 Å². The van der Waals surface area contributed by atoms with Crippen molar-refractivity contribution >= 4 is 11.9 Å². The molecule has 0 aromatic heterocycles. The van der Waals surface area contributed by atoms with Gasteiger partial charge in [0.1, 0.15) is 19.0 Å². The maximum absolute atomic E-state index is 11.4. The van der Waals surface area contributed by atoms with Gasteiger partial charge in [-0.15, -0.1) is 0 Å². The van der Waals surface area contributed by atoms with Crippen molar-refractivity contribution in [2.24, 2.45) is 0 Å². The Balaban J connectivity index is 2.21. The molecule has 0 aliphatic heterocycles. The lowest BCUT2D eigenvalue weighted by molar-refractivity contribution is -0.152. The SMILES string of the molecule is CCCCOC(=O)COCC(=O)Oc1ccc(C#N)cc1. The molecule has 6 nitrogen and oxygen atoms in total. The van der Waals surface area contributed by atoms with Gasteiger partial charge in [-0.3, -0.25) is 0 Å². The zero-order chi connectivity index (χ0) is 15.5. The van der Waals surface area contributed by atoms with Crippen molar-refractivity contribution in [1.82, 2.24) is 0 Å². The summed E-state index contributed by atoms with van der Waals surface area (Å²) in [5.41, 5.74) is 0.473. The van der Waals surface area contributed by atoms with Gasteiger partial charge in [-0.1, -0.05) is 13.3 Å². The summed E-state index contributed by atoms with van der Waals surface area (Å²) < 4.78 is 14.7. The molecule has 112 valence electrons. The van der Waals surface area contributed by atoms with Crippen molar-refractivity contribution < 1.29 is 23.8 Å². The number of benzene rings is 1. The maximum atomic E-state index is 11.4. The van der Waals surface area contributed by atoms with Crippen LogP contribution in [0.2, 0.25) is 0 Å². The predicted molar refractivity (Wildman–Crippen MR) is 73.5 cm³/mol. The molecule has 0 fully saturated rings. The highest BCUT2D eigenvalue weighted by Gasteiger charge is 2.08.